The number of ether oxygens (including phenoxy) is 1. The van der Waals surface area contributed by atoms with Gasteiger partial charge in [-0.1, -0.05) is 20.8 Å². The van der Waals surface area contributed by atoms with Gasteiger partial charge in [-0.25, -0.2) is 12.7 Å². The van der Waals surface area contributed by atoms with Crippen molar-refractivity contribution in [3.63, 3.8) is 0 Å². The second-order valence-corrected chi connectivity index (χ2v) is 13.2. The first-order valence-electron chi connectivity index (χ1n) is 14.2. The van der Waals surface area contributed by atoms with Crippen LogP contribution in [0.15, 0.2) is 0 Å². The Morgan fingerprint density at radius 2 is 1.86 bits per heavy atom. The highest BCUT2D eigenvalue weighted by Crippen LogP contribution is 2.29. The highest BCUT2D eigenvalue weighted by molar-refractivity contribution is 7.89. The van der Waals surface area contributed by atoms with E-state index in [4.69, 9.17) is 4.74 Å². The Morgan fingerprint density at radius 1 is 1.06 bits per heavy atom. The summed E-state index contributed by atoms with van der Waals surface area (Å²) in [7, 11) is -3.54. The molecule has 8 unspecified atom stereocenters. The smallest absolute Gasteiger partial charge is 0.249 e. The summed E-state index contributed by atoms with van der Waals surface area (Å²) >= 11 is 0. The maximum atomic E-state index is 13.0. The fourth-order valence-corrected chi connectivity index (χ4v) is 8.16. The first-order chi connectivity index (χ1) is 17.3. The minimum absolute atomic E-state index is 0.0650. The van der Waals surface area contributed by atoms with Crippen molar-refractivity contribution in [2.45, 2.75) is 108 Å². The van der Waals surface area contributed by atoms with Gasteiger partial charge in [0.25, 0.3) is 0 Å². The number of sulfonamides is 1. The number of nitrogens with zero attached hydrogens (tertiary/aromatic N) is 1. The quantitative estimate of drug-likeness (QED) is 0.296. The van der Waals surface area contributed by atoms with Crippen LogP contribution < -0.4 is 26.6 Å². The molecule has 3 saturated heterocycles. The fraction of sp³-hybridized carbons (Fsp3) is 0.960. The van der Waals surface area contributed by atoms with Crippen LogP contribution in [-0.4, -0.2) is 87.3 Å². The molecule has 8 atom stereocenters. The monoisotopic (exact) mass is 528 g/mol. The van der Waals surface area contributed by atoms with Crippen molar-refractivity contribution in [1.82, 2.24) is 30.9 Å². The SMILES string of the molecule is CCN(CC)S(=O)(=O)C1CCC(C(=O)NC2CCC(C)C(NC3NCCC(C4CCCNC4)N3)C2)O1. The first-order valence-corrected chi connectivity index (χ1v) is 15.7. The van der Waals surface area contributed by atoms with E-state index in [-0.39, 0.29) is 24.3 Å². The molecule has 3 aliphatic heterocycles. The van der Waals surface area contributed by atoms with E-state index in [1.54, 1.807) is 0 Å². The van der Waals surface area contributed by atoms with Crippen LogP contribution in [0.2, 0.25) is 0 Å². The van der Waals surface area contributed by atoms with E-state index in [0.717, 1.165) is 45.3 Å². The largest absolute Gasteiger partial charge is 0.351 e. The van der Waals surface area contributed by atoms with Crippen molar-refractivity contribution >= 4 is 15.9 Å². The molecule has 36 heavy (non-hydrogen) atoms. The zero-order valence-electron chi connectivity index (χ0n) is 22.3. The average molecular weight is 529 g/mol. The van der Waals surface area contributed by atoms with Crippen LogP contribution in [0.25, 0.3) is 0 Å². The predicted octanol–water partition coefficient (Wildman–Crippen LogP) is 0.661. The molecule has 0 radical (unpaired) electrons. The van der Waals surface area contributed by atoms with Gasteiger partial charge in [-0.15, -0.1) is 0 Å². The third-order valence-electron chi connectivity index (χ3n) is 8.68. The Balaban J connectivity index is 1.26. The minimum atomic E-state index is -3.54. The van der Waals surface area contributed by atoms with Gasteiger partial charge in [0.2, 0.25) is 15.9 Å². The molecule has 1 saturated carbocycles. The van der Waals surface area contributed by atoms with Crippen LogP contribution in [0.3, 0.4) is 0 Å². The molecule has 4 aliphatic rings. The summed E-state index contributed by atoms with van der Waals surface area (Å²) in [4.78, 5) is 13.0. The topological polar surface area (TPSA) is 124 Å². The maximum Gasteiger partial charge on any atom is 0.249 e. The van der Waals surface area contributed by atoms with Crippen LogP contribution in [0.5, 0.6) is 0 Å². The third-order valence-corrected chi connectivity index (χ3v) is 10.9. The molecular formula is C25H48N6O4S. The third kappa shape index (κ3) is 6.78. The van der Waals surface area contributed by atoms with Gasteiger partial charge in [0.05, 0.1) is 0 Å². The van der Waals surface area contributed by atoms with Crippen molar-refractivity contribution in [1.29, 1.82) is 0 Å². The van der Waals surface area contributed by atoms with Crippen LogP contribution in [0.4, 0.5) is 0 Å². The van der Waals surface area contributed by atoms with Crippen molar-refractivity contribution in [2.75, 3.05) is 32.7 Å². The fourth-order valence-electron chi connectivity index (χ4n) is 6.40. The molecule has 0 aromatic rings. The Morgan fingerprint density at radius 3 is 2.58 bits per heavy atom. The molecule has 3 heterocycles. The number of carbonyl (C=O) groups is 1. The van der Waals surface area contributed by atoms with Crippen molar-refractivity contribution in [2.24, 2.45) is 11.8 Å². The average Bonchev–Trinajstić information content (AvgIpc) is 3.39. The van der Waals surface area contributed by atoms with Gasteiger partial charge in [-0.3, -0.25) is 20.7 Å². The van der Waals surface area contributed by atoms with Gasteiger partial charge < -0.3 is 15.4 Å². The molecule has 1 aliphatic carbocycles. The molecule has 0 aromatic heterocycles. The Bertz CT molecular complexity index is 819. The zero-order chi connectivity index (χ0) is 25.7. The Hall–Kier alpha value is -0.820. The molecule has 5 N–H and O–H groups in total. The minimum Gasteiger partial charge on any atom is -0.351 e. The van der Waals surface area contributed by atoms with Gasteiger partial charge in [0, 0.05) is 31.2 Å². The van der Waals surface area contributed by atoms with E-state index in [1.807, 2.05) is 13.8 Å². The number of amides is 1. The zero-order valence-corrected chi connectivity index (χ0v) is 23.1. The second kappa shape index (κ2) is 12.8. The molecule has 10 nitrogen and oxygen atoms in total. The van der Waals surface area contributed by atoms with E-state index in [1.165, 1.54) is 17.1 Å². The highest BCUT2D eigenvalue weighted by Gasteiger charge is 2.41. The lowest BCUT2D eigenvalue weighted by Crippen LogP contribution is -2.66. The van der Waals surface area contributed by atoms with Crippen molar-refractivity contribution in [3.05, 3.63) is 0 Å². The Kier molecular flexibility index (Phi) is 10.0. The standard InChI is InChI=1S/C25H48N6O4S/c1-4-31(5-2)36(33,34)23-11-10-22(35-23)24(32)28-19-9-8-17(3)21(15-19)30-25-27-14-12-20(29-25)18-7-6-13-26-16-18/h17-23,25-27,29-30H,4-16H2,1-3H3,(H,28,32). The molecule has 4 fully saturated rings. The number of piperidine rings is 1. The normalized spacial score (nSPS) is 38.2. The van der Waals surface area contributed by atoms with Gasteiger partial charge in [-0.05, 0) is 82.8 Å². The molecule has 208 valence electrons. The lowest BCUT2D eigenvalue weighted by atomic mass is 9.82. The summed E-state index contributed by atoms with van der Waals surface area (Å²) < 4.78 is 32.8. The van der Waals surface area contributed by atoms with E-state index >= 15 is 0 Å². The predicted molar refractivity (Wildman–Crippen MR) is 141 cm³/mol. The number of nitrogens with one attached hydrogen (secondary N) is 5. The number of rotatable bonds is 9. The van der Waals surface area contributed by atoms with Crippen LogP contribution in [0, 0.1) is 11.8 Å². The molecule has 0 bridgehead atoms. The molecular weight excluding hydrogens is 480 g/mol. The van der Waals surface area contributed by atoms with E-state index in [0.29, 0.717) is 43.8 Å². The summed E-state index contributed by atoms with van der Waals surface area (Å²) in [5, 5.41) is 17.9. The summed E-state index contributed by atoms with van der Waals surface area (Å²) in [6.07, 6.45) is 6.69. The highest BCUT2D eigenvalue weighted by atomic mass is 32.2. The number of hydrogen-bond donors (Lipinski definition) is 5. The van der Waals surface area contributed by atoms with Crippen LogP contribution in [-0.2, 0) is 19.6 Å². The summed E-state index contributed by atoms with van der Waals surface area (Å²) in [6, 6.07) is 0.874. The van der Waals surface area contributed by atoms with E-state index < -0.39 is 21.6 Å². The maximum absolute atomic E-state index is 13.0. The Labute approximate surface area is 217 Å². The van der Waals surface area contributed by atoms with Gasteiger partial charge in [0.1, 0.15) is 12.4 Å². The summed E-state index contributed by atoms with van der Waals surface area (Å²) in [6.45, 7) is 9.97. The van der Waals surface area contributed by atoms with Crippen molar-refractivity contribution < 1.29 is 17.9 Å². The van der Waals surface area contributed by atoms with Gasteiger partial charge in [-0.2, -0.15) is 0 Å². The number of hydrogen-bond acceptors (Lipinski definition) is 8. The molecule has 1 amide bonds. The first kappa shape index (κ1) is 28.2. The summed E-state index contributed by atoms with van der Waals surface area (Å²) in [5.74, 6) is 1.02. The van der Waals surface area contributed by atoms with Crippen LogP contribution >= 0.6 is 0 Å². The summed E-state index contributed by atoms with van der Waals surface area (Å²) in [5.41, 5.74) is -0.926. The molecule has 4 rings (SSSR count). The molecule has 0 aromatic carbocycles. The van der Waals surface area contributed by atoms with Crippen molar-refractivity contribution in [3.8, 4) is 0 Å². The second-order valence-electron chi connectivity index (χ2n) is 11.1. The van der Waals surface area contributed by atoms with Crippen LogP contribution in [0.1, 0.15) is 72.1 Å². The van der Waals surface area contributed by atoms with E-state index in [9.17, 15) is 13.2 Å². The lowest BCUT2D eigenvalue weighted by molar-refractivity contribution is -0.131. The lowest BCUT2D eigenvalue weighted by Gasteiger charge is -2.42. The van der Waals surface area contributed by atoms with Gasteiger partial charge in [0.15, 0.2) is 5.44 Å². The van der Waals surface area contributed by atoms with E-state index in [2.05, 4.69) is 33.5 Å². The van der Waals surface area contributed by atoms with Gasteiger partial charge >= 0.3 is 0 Å². The molecule has 0 spiro atoms. The number of carbonyl (C=O) groups excluding carboxylic acids is 1. The molecule has 11 heteroatoms.